The van der Waals surface area contributed by atoms with Gasteiger partial charge in [0.1, 0.15) is 0 Å². The van der Waals surface area contributed by atoms with E-state index in [1.165, 1.54) is 0 Å². The number of carbonyl (C=O) groups is 1. The molecule has 2 nitrogen and oxygen atoms in total. The molecule has 1 fully saturated rings. The topological polar surface area (TPSA) is 20.3 Å². The number of benzene rings is 1. The Labute approximate surface area is 102 Å². The number of hydrogen-bond acceptors (Lipinski definition) is 1. The Morgan fingerprint density at radius 1 is 1.18 bits per heavy atom. The Morgan fingerprint density at radius 2 is 1.82 bits per heavy atom. The van der Waals surface area contributed by atoms with E-state index < -0.39 is 34.9 Å². The first-order valence-electron chi connectivity index (χ1n) is 4.69. The number of rotatable bonds is 1. The highest BCUT2D eigenvalue weighted by Gasteiger charge is 2.33. The van der Waals surface area contributed by atoms with Gasteiger partial charge in [0.15, 0.2) is 23.3 Å². The first-order chi connectivity index (χ1) is 7.91. The minimum absolute atomic E-state index is 0.0836. The number of carbonyl (C=O) groups excluding carboxylic acids is 1. The molecule has 1 aromatic rings. The molecule has 0 aromatic heterocycles. The van der Waals surface area contributed by atoms with Crippen molar-refractivity contribution in [2.24, 2.45) is 0 Å². The maximum absolute atomic E-state index is 13.4. The molecule has 1 aromatic carbocycles. The molecule has 0 N–H and O–H groups in total. The van der Waals surface area contributed by atoms with Crippen LogP contribution in [0.1, 0.15) is 6.42 Å². The number of anilines is 1. The number of halogens is 5. The highest BCUT2D eigenvalue weighted by Crippen LogP contribution is 2.30. The Bertz CT molecular complexity index is 494. The van der Waals surface area contributed by atoms with Gasteiger partial charge < -0.3 is 4.90 Å². The summed E-state index contributed by atoms with van der Waals surface area (Å²) in [4.78, 5) is 12.1. The van der Waals surface area contributed by atoms with E-state index in [1.807, 2.05) is 0 Å². The fourth-order valence-corrected chi connectivity index (χ4v) is 2.22. The number of alkyl halides is 1. The quantitative estimate of drug-likeness (QED) is 0.338. The van der Waals surface area contributed by atoms with Gasteiger partial charge in [-0.15, -0.1) is 0 Å². The van der Waals surface area contributed by atoms with Crippen LogP contribution in [0.25, 0.3) is 0 Å². The lowest BCUT2D eigenvalue weighted by Gasteiger charge is -2.17. The second kappa shape index (κ2) is 4.29. The van der Waals surface area contributed by atoms with Crippen LogP contribution >= 0.6 is 15.9 Å². The van der Waals surface area contributed by atoms with Crippen LogP contribution < -0.4 is 4.90 Å². The van der Waals surface area contributed by atoms with Gasteiger partial charge in [0.25, 0.3) is 0 Å². The SMILES string of the molecule is O=C1CC(Br)CN1c1cc(F)c(F)c(F)c1F. The van der Waals surface area contributed by atoms with Crippen molar-refractivity contribution in [1.82, 2.24) is 0 Å². The third-order valence-electron chi connectivity index (χ3n) is 2.45. The summed E-state index contributed by atoms with van der Waals surface area (Å²) in [7, 11) is 0. The van der Waals surface area contributed by atoms with Crippen LogP contribution in [0.2, 0.25) is 0 Å². The summed E-state index contributed by atoms with van der Waals surface area (Å²) in [6, 6.07) is 0.483. The molecule has 0 bridgehead atoms. The van der Waals surface area contributed by atoms with Crippen LogP contribution in [0.5, 0.6) is 0 Å². The molecule has 0 saturated carbocycles. The zero-order chi connectivity index (χ0) is 12.7. The van der Waals surface area contributed by atoms with E-state index in [9.17, 15) is 22.4 Å². The predicted molar refractivity (Wildman–Crippen MR) is 56.0 cm³/mol. The van der Waals surface area contributed by atoms with Gasteiger partial charge in [0.05, 0.1) is 5.69 Å². The highest BCUT2D eigenvalue weighted by molar-refractivity contribution is 9.09. The number of hydrogen-bond donors (Lipinski definition) is 0. The minimum Gasteiger partial charge on any atom is -0.308 e. The van der Waals surface area contributed by atoms with Gasteiger partial charge in [0.2, 0.25) is 5.91 Å². The number of amides is 1. The van der Waals surface area contributed by atoms with E-state index in [-0.39, 0.29) is 17.8 Å². The van der Waals surface area contributed by atoms with Crippen LogP contribution in [0.4, 0.5) is 23.2 Å². The lowest BCUT2D eigenvalue weighted by molar-refractivity contribution is -0.117. The molecule has 1 unspecified atom stereocenters. The maximum atomic E-state index is 13.4. The fourth-order valence-electron chi connectivity index (χ4n) is 1.65. The third-order valence-corrected chi connectivity index (χ3v) is 3.07. The molecule has 1 aliphatic heterocycles. The maximum Gasteiger partial charge on any atom is 0.228 e. The van der Waals surface area contributed by atoms with Crippen molar-refractivity contribution in [2.75, 3.05) is 11.4 Å². The average Bonchev–Trinajstić information content (AvgIpc) is 2.60. The second-order valence-corrected chi connectivity index (χ2v) is 4.92. The minimum atomic E-state index is -1.91. The van der Waals surface area contributed by atoms with Crippen molar-refractivity contribution in [3.05, 3.63) is 29.3 Å². The smallest absolute Gasteiger partial charge is 0.228 e. The molecular formula is C10H6BrF4NO. The normalized spacial score (nSPS) is 20.2. The Morgan fingerprint density at radius 3 is 2.35 bits per heavy atom. The van der Waals surface area contributed by atoms with Gasteiger partial charge in [-0.1, -0.05) is 15.9 Å². The summed E-state index contributed by atoms with van der Waals surface area (Å²) >= 11 is 3.15. The van der Waals surface area contributed by atoms with Crippen molar-refractivity contribution in [3.63, 3.8) is 0 Å². The molecule has 17 heavy (non-hydrogen) atoms. The standard InChI is InChI=1S/C10H6BrF4NO/c11-4-1-7(17)16(3-4)6-2-5(12)8(13)10(15)9(6)14/h2,4H,1,3H2. The predicted octanol–water partition coefficient (Wildman–Crippen LogP) is 2.74. The lowest BCUT2D eigenvalue weighted by atomic mass is 10.2. The molecule has 2 rings (SSSR count). The van der Waals surface area contributed by atoms with Gasteiger partial charge in [-0.2, -0.15) is 0 Å². The highest BCUT2D eigenvalue weighted by atomic mass is 79.9. The van der Waals surface area contributed by atoms with E-state index in [2.05, 4.69) is 15.9 Å². The van der Waals surface area contributed by atoms with E-state index in [0.717, 1.165) is 4.90 Å². The molecule has 1 saturated heterocycles. The molecule has 0 radical (unpaired) electrons. The molecule has 7 heteroatoms. The van der Waals surface area contributed by atoms with Crippen LogP contribution in [0, 0.1) is 23.3 Å². The molecule has 92 valence electrons. The van der Waals surface area contributed by atoms with Crippen molar-refractivity contribution in [1.29, 1.82) is 0 Å². The monoisotopic (exact) mass is 311 g/mol. The lowest BCUT2D eigenvalue weighted by Crippen LogP contribution is -2.26. The van der Waals surface area contributed by atoms with Crippen molar-refractivity contribution < 1.29 is 22.4 Å². The van der Waals surface area contributed by atoms with Crippen LogP contribution in [0.3, 0.4) is 0 Å². The third kappa shape index (κ3) is 2.03. The summed E-state index contributed by atoms with van der Waals surface area (Å²) in [6.45, 7) is 0.0836. The van der Waals surface area contributed by atoms with Gasteiger partial charge in [-0.3, -0.25) is 4.79 Å². The molecule has 0 spiro atoms. The molecule has 1 amide bonds. The summed E-state index contributed by atoms with van der Waals surface area (Å²) in [5.74, 6) is -7.35. The van der Waals surface area contributed by atoms with E-state index in [0.29, 0.717) is 6.07 Å². The summed E-state index contributed by atoms with van der Waals surface area (Å²) < 4.78 is 52.1. The second-order valence-electron chi connectivity index (χ2n) is 3.63. The van der Waals surface area contributed by atoms with Crippen molar-refractivity contribution in [2.45, 2.75) is 11.2 Å². The Hall–Kier alpha value is -1.11. The first-order valence-corrected chi connectivity index (χ1v) is 5.60. The van der Waals surface area contributed by atoms with Crippen LogP contribution in [-0.2, 0) is 4.79 Å². The van der Waals surface area contributed by atoms with E-state index in [4.69, 9.17) is 0 Å². The summed E-state index contributed by atoms with van der Waals surface area (Å²) in [6.07, 6.45) is 0.0973. The number of nitrogens with zero attached hydrogens (tertiary/aromatic N) is 1. The average molecular weight is 312 g/mol. The van der Waals surface area contributed by atoms with Crippen LogP contribution in [0.15, 0.2) is 6.07 Å². The van der Waals surface area contributed by atoms with Gasteiger partial charge in [-0.25, -0.2) is 17.6 Å². The zero-order valence-corrected chi connectivity index (χ0v) is 9.90. The van der Waals surface area contributed by atoms with E-state index >= 15 is 0 Å². The van der Waals surface area contributed by atoms with Crippen LogP contribution in [-0.4, -0.2) is 17.3 Å². The van der Waals surface area contributed by atoms with Gasteiger partial charge in [0, 0.05) is 23.9 Å². The largest absolute Gasteiger partial charge is 0.308 e. The summed E-state index contributed by atoms with van der Waals surface area (Å²) in [5, 5.41) is 0. The van der Waals surface area contributed by atoms with Gasteiger partial charge in [-0.05, 0) is 0 Å². The molecule has 0 aliphatic carbocycles. The summed E-state index contributed by atoms with van der Waals surface area (Å²) in [5.41, 5.74) is -0.576. The molecule has 1 heterocycles. The van der Waals surface area contributed by atoms with Crippen molar-refractivity contribution >= 4 is 27.5 Å². The molecular weight excluding hydrogens is 306 g/mol. The molecule has 1 atom stereocenters. The molecule has 1 aliphatic rings. The Kier molecular flexibility index (Phi) is 3.11. The Balaban J connectivity index is 2.50. The van der Waals surface area contributed by atoms with Gasteiger partial charge >= 0.3 is 0 Å². The van der Waals surface area contributed by atoms with Crippen molar-refractivity contribution in [3.8, 4) is 0 Å². The van der Waals surface area contributed by atoms with E-state index in [1.54, 1.807) is 0 Å². The first kappa shape index (κ1) is 12.3. The zero-order valence-electron chi connectivity index (χ0n) is 8.31. The fraction of sp³-hybridized carbons (Fsp3) is 0.300.